The second-order valence-electron chi connectivity index (χ2n) is 6.67. The molecule has 23 heavy (non-hydrogen) atoms. The number of guanidine groups is 1. The molecule has 1 aromatic rings. The van der Waals surface area contributed by atoms with Crippen LogP contribution in [0.5, 0.6) is 0 Å². The minimum Gasteiger partial charge on any atom is -0.356 e. The Kier molecular flexibility index (Phi) is 11.2. The zero-order valence-electron chi connectivity index (χ0n) is 15.3. The maximum atomic E-state index is 4.49. The lowest BCUT2D eigenvalue weighted by molar-refractivity contribution is 0.318. The van der Waals surface area contributed by atoms with Gasteiger partial charge in [0.25, 0.3) is 0 Å². The van der Waals surface area contributed by atoms with E-state index in [1.165, 1.54) is 25.7 Å². The summed E-state index contributed by atoms with van der Waals surface area (Å²) in [5, 5.41) is 6.76. The number of aromatic nitrogens is 1. The Morgan fingerprint density at radius 1 is 1.22 bits per heavy atom. The largest absolute Gasteiger partial charge is 0.356 e. The number of nitrogens with one attached hydrogen (secondary N) is 2. The van der Waals surface area contributed by atoms with Crippen LogP contribution in [0.25, 0.3) is 0 Å². The Hall–Kier alpha value is -0.850. The molecule has 0 saturated heterocycles. The van der Waals surface area contributed by atoms with Crippen molar-refractivity contribution in [3.8, 4) is 0 Å². The highest BCUT2D eigenvalue weighted by Gasteiger charge is 2.17. The highest BCUT2D eigenvalue weighted by molar-refractivity contribution is 14.0. The maximum Gasteiger partial charge on any atom is 0.191 e. The Bertz CT molecular complexity index is 472. The molecule has 0 radical (unpaired) electrons. The van der Waals surface area contributed by atoms with Crippen LogP contribution in [-0.4, -0.2) is 24.5 Å². The molecule has 0 amide bonds. The van der Waals surface area contributed by atoms with Crippen molar-refractivity contribution in [3.05, 3.63) is 29.6 Å². The molecule has 1 aromatic heterocycles. The first-order chi connectivity index (χ1) is 10.5. The van der Waals surface area contributed by atoms with Gasteiger partial charge in [-0.25, -0.2) is 0 Å². The number of aryl methyl sites for hydroxylation is 1. The van der Waals surface area contributed by atoms with Gasteiger partial charge < -0.3 is 10.6 Å². The van der Waals surface area contributed by atoms with E-state index < -0.39 is 0 Å². The molecular formula is C18H33IN4. The molecule has 0 aliphatic rings. The lowest BCUT2D eigenvalue weighted by atomic mass is 9.87. The van der Waals surface area contributed by atoms with Crippen molar-refractivity contribution < 1.29 is 0 Å². The van der Waals surface area contributed by atoms with Gasteiger partial charge in [0.1, 0.15) is 0 Å². The van der Waals surface area contributed by atoms with Crippen molar-refractivity contribution in [1.82, 2.24) is 15.6 Å². The van der Waals surface area contributed by atoms with Crippen LogP contribution < -0.4 is 10.6 Å². The summed E-state index contributed by atoms with van der Waals surface area (Å²) in [5.74, 6) is 0.840. The van der Waals surface area contributed by atoms with Crippen molar-refractivity contribution >= 4 is 29.9 Å². The first-order valence-corrected chi connectivity index (χ1v) is 8.34. The van der Waals surface area contributed by atoms with Crippen LogP contribution in [0.15, 0.2) is 23.2 Å². The Balaban J connectivity index is 0.00000484. The molecule has 2 N–H and O–H groups in total. The fraction of sp³-hybridized carbons (Fsp3) is 0.667. The minimum absolute atomic E-state index is 0. The summed E-state index contributed by atoms with van der Waals surface area (Å²) in [6.45, 7) is 10.5. The number of nitrogens with zero attached hydrogens (tertiary/aromatic N) is 2. The van der Waals surface area contributed by atoms with E-state index in [0.717, 1.165) is 23.9 Å². The average molecular weight is 432 g/mol. The van der Waals surface area contributed by atoms with Crippen LogP contribution in [-0.2, 0) is 6.54 Å². The van der Waals surface area contributed by atoms with Crippen molar-refractivity contribution in [1.29, 1.82) is 0 Å². The lowest BCUT2D eigenvalue weighted by Gasteiger charge is -2.26. The van der Waals surface area contributed by atoms with Crippen molar-refractivity contribution in [3.63, 3.8) is 0 Å². The van der Waals surface area contributed by atoms with Gasteiger partial charge in [-0.05, 0) is 30.9 Å². The molecule has 0 unspecified atom stereocenters. The predicted octanol–water partition coefficient (Wildman–Crippen LogP) is 4.28. The van der Waals surface area contributed by atoms with E-state index in [4.69, 9.17) is 0 Å². The second kappa shape index (κ2) is 11.6. The molecule has 0 spiro atoms. The number of unbranched alkanes of at least 4 members (excludes halogenated alkanes) is 2. The normalized spacial score (nSPS) is 11.8. The van der Waals surface area contributed by atoms with Gasteiger partial charge in [-0.15, -0.1) is 24.0 Å². The van der Waals surface area contributed by atoms with Gasteiger partial charge in [0.2, 0.25) is 0 Å². The Morgan fingerprint density at radius 2 is 1.96 bits per heavy atom. The zero-order chi connectivity index (χ0) is 16.4. The summed E-state index contributed by atoms with van der Waals surface area (Å²) >= 11 is 0. The molecule has 0 fully saturated rings. The molecule has 0 bridgehead atoms. The van der Waals surface area contributed by atoms with E-state index in [9.17, 15) is 0 Å². The second-order valence-corrected chi connectivity index (χ2v) is 6.67. The number of hydrogen-bond acceptors (Lipinski definition) is 2. The van der Waals surface area contributed by atoms with E-state index in [1.807, 2.05) is 32.2 Å². The molecule has 132 valence electrons. The SMILES string of the molecule is CCCCCC(C)(C)CNC(=NC)NCc1cccc(C)n1.I. The number of hydrogen-bond donors (Lipinski definition) is 2. The summed E-state index contributed by atoms with van der Waals surface area (Å²) < 4.78 is 0. The van der Waals surface area contributed by atoms with E-state index in [-0.39, 0.29) is 29.4 Å². The van der Waals surface area contributed by atoms with E-state index in [1.54, 1.807) is 0 Å². The number of halogens is 1. The molecule has 0 aromatic carbocycles. The fourth-order valence-electron chi connectivity index (χ4n) is 2.36. The lowest BCUT2D eigenvalue weighted by Crippen LogP contribution is -2.41. The Labute approximate surface area is 159 Å². The molecular weight excluding hydrogens is 399 g/mol. The number of pyridine rings is 1. The maximum absolute atomic E-state index is 4.49. The van der Waals surface area contributed by atoms with Gasteiger partial charge in [0.15, 0.2) is 5.96 Å². The van der Waals surface area contributed by atoms with E-state index in [2.05, 4.69) is 41.4 Å². The molecule has 0 aliphatic carbocycles. The van der Waals surface area contributed by atoms with E-state index >= 15 is 0 Å². The first-order valence-electron chi connectivity index (χ1n) is 8.34. The predicted molar refractivity (Wildman–Crippen MR) is 111 cm³/mol. The molecule has 5 heteroatoms. The van der Waals surface area contributed by atoms with Crippen LogP contribution in [0.3, 0.4) is 0 Å². The highest BCUT2D eigenvalue weighted by Crippen LogP contribution is 2.22. The molecule has 1 rings (SSSR count). The summed E-state index contributed by atoms with van der Waals surface area (Å²) in [5.41, 5.74) is 2.36. The van der Waals surface area contributed by atoms with Gasteiger partial charge in [0.05, 0.1) is 12.2 Å². The quantitative estimate of drug-likeness (QED) is 0.279. The van der Waals surface area contributed by atoms with Gasteiger partial charge in [0, 0.05) is 19.3 Å². The third-order valence-electron chi connectivity index (χ3n) is 3.80. The average Bonchev–Trinajstić information content (AvgIpc) is 2.47. The van der Waals surface area contributed by atoms with Gasteiger partial charge in [-0.1, -0.05) is 46.1 Å². The summed E-state index contributed by atoms with van der Waals surface area (Å²) in [6.07, 6.45) is 5.13. The number of aliphatic imine (C=N–C) groups is 1. The fourth-order valence-corrected chi connectivity index (χ4v) is 2.36. The number of rotatable bonds is 8. The van der Waals surface area contributed by atoms with Gasteiger partial charge in [-0.2, -0.15) is 0 Å². The zero-order valence-corrected chi connectivity index (χ0v) is 17.6. The molecule has 0 atom stereocenters. The van der Waals surface area contributed by atoms with Crippen LogP contribution >= 0.6 is 24.0 Å². The van der Waals surface area contributed by atoms with Gasteiger partial charge >= 0.3 is 0 Å². The van der Waals surface area contributed by atoms with Crippen LogP contribution in [0.1, 0.15) is 57.8 Å². The monoisotopic (exact) mass is 432 g/mol. The van der Waals surface area contributed by atoms with Crippen molar-refractivity contribution in [2.24, 2.45) is 10.4 Å². The van der Waals surface area contributed by atoms with Crippen LogP contribution in [0, 0.1) is 12.3 Å². The van der Waals surface area contributed by atoms with E-state index in [0.29, 0.717) is 6.54 Å². The molecule has 1 heterocycles. The molecule has 0 saturated carbocycles. The molecule has 0 aliphatic heterocycles. The minimum atomic E-state index is 0. The smallest absolute Gasteiger partial charge is 0.191 e. The van der Waals surface area contributed by atoms with Crippen molar-refractivity contribution in [2.75, 3.05) is 13.6 Å². The molecule has 4 nitrogen and oxygen atoms in total. The van der Waals surface area contributed by atoms with Crippen molar-refractivity contribution in [2.45, 2.75) is 59.9 Å². The Morgan fingerprint density at radius 3 is 2.57 bits per heavy atom. The highest BCUT2D eigenvalue weighted by atomic mass is 127. The third-order valence-corrected chi connectivity index (χ3v) is 3.80. The topological polar surface area (TPSA) is 49.3 Å². The van der Waals surface area contributed by atoms with Crippen LogP contribution in [0.2, 0.25) is 0 Å². The first kappa shape index (κ1) is 22.1. The summed E-state index contributed by atoms with van der Waals surface area (Å²) in [6, 6.07) is 6.07. The third kappa shape index (κ3) is 9.79. The van der Waals surface area contributed by atoms with Gasteiger partial charge in [-0.3, -0.25) is 9.98 Å². The van der Waals surface area contributed by atoms with Crippen LogP contribution in [0.4, 0.5) is 0 Å². The summed E-state index contributed by atoms with van der Waals surface area (Å²) in [7, 11) is 1.81. The summed E-state index contributed by atoms with van der Waals surface area (Å²) in [4.78, 5) is 8.78. The standard InChI is InChI=1S/C18H32N4.HI/c1-6-7-8-12-18(3,4)14-21-17(19-5)20-13-16-11-9-10-15(2)22-16;/h9-11H,6-8,12-14H2,1-5H3,(H2,19,20,21);1H.